The Morgan fingerprint density at radius 3 is 2.94 bits per heavy atom. The largest absolute Gasteiger partial charge is 0.482 e. The van der Waals surface area contributed by atoms with Crippen LogP contribution in [0.1, 0.15) is 58.7 Å². The number of hydrogen-bond acceptors (Lipinski definition) is 7. The Bertz CT molecular complexity index is 1390. The topological polar surface area (TPSA) is 142 Å². The van der Waals surface area contributed by atoms with Crippen LogP contribution in [0, 0.1) is 0 Å². The molecule has 1 atom stereocenters. The average Bonchev–Trinajstić information content (AvgIpc) is 3.22. The number of carbonyl (C=O) groups excluding carboxylic acids is 3. The quantitative estimate of drug-likeness (QED) is 0.413. The van der Waals surface area contributed by atoms with E-state index in [2.05, 4.69) is 25.9 Å². The van der Waals surface area contributed by atoms with E-state index in [9.17, 15) is 19.2 Å². The van der Waals surface area contributed by atoms with Crippen LogP contribution in [0.5, 0.6) is 5.75 Å². The first-order valence-corrected chi connectivity index (χ1v) is 12.4. The normalized spacial score (nSPS) is 16.6. The molecular formula is C24H25N5O5S. The summed E-state index contributed by atoms with van der Waals surface area (Å²) in [6, 6.07) is 5.25. The summed E-state index contributed by atoms with van der Waals surface area (Å²) in [6.07, 6.45) is 2.95. The average molecular weight is 496 g/mol. The number of aromatic amines is 1. The molecule has 10 nitrogen and oxygen atoms in total. The van der Waals surface area contributed by atoms with Crippen molar-refractivity contribution in [2.24, 2.45) is 0 Å². The minimum Gasteiger partial charge on any atom is -0.482 e. The molecule has 1 aliphatic carbocycles. The van der Waals surface area contributed by atoms with E-state index in [0.29, 0.717) is 34.6 Å². The van der Waals surface area contributed by atoms with E-state index in [1.807, 2.05) is 6.92 Å². The highest BCUT2D eigenvalue weighted by Crippen LogP contribution is 2.41. The summed E-state index contributed by atoms with van der Waals surface area (Å²) in [7, 11) is 0. The zero-order chi connectivity index (χ0) is 24.5. The van der Waals surface area contributed by atoms with E-state index in [1.54, 1.807) is 18.2 Å². The van der Waals surface area contributed by atoms with Crippen LogP contribution in [0.25, 0.3) is 10.2 Å². The zero-order valence-corrected chi connectivity index (χ0v) is 20.0. The van der Waals surface area contributed by atoms with Gasteiger partial charge in [-0.3, -0.25) is 19.2 Å². The molecule has 5 rings (SSSR count). The molecule has 2 aromatic heterocycles. The maximum absolute atomic E-state index is 13.0. The fraction of sp³-hybridized carbons (Fsp3) is 0.375. The molecule has 11 heteroatoms. The van der Waals surface area contributed by atoms with Crippen molar-refractivity contribution in [3.05, 3.63) is 50.4 Å². The highest BCUT2D eigenvalue weighted by atomic mass is 32.1. The van der Waals surface area contributed by atoms with Gasteiger partial charge in [-0.05, 0) is 55.4 Å². The number of amides is 3. The van der Waals surface area contributed by atoms with Gasteiger partial charge >= 0.3 is 0 Å². The number of benzene rings is 1. The minimum atomic E-state index is -0.507. The molecule has 0 radical (unpaired) electrons. The number of aryl methyl sites for hydroxylation is 1. The van der Waals surface area contributed by atoms with Gasteiger partial charge in [0, 0.05) is 24.4 Å². The van der Waals surface area contributed by atoms with Crippen LogP contribution < -0.4 is 26.2 Å². The van der Waals surface area contributed by atoms with Gasteiger partial charge in [-0.2, -0.15) is 0 Å². The minimum absolute atomic E-state index is 0.0244. The van der Waals surface area contributed by atoms with Gasteiger partial charge in [0.05, 0.1) is 11.1 Å². The summed E-state index contributed by atoms with van der Waals surface area (Å²) in [5.41, 5.74) is 1.84. The van der Waals surface area contributed by atoms with Crippen LogP contribution >= 0.6 is 11.3 Å². The molecule has 0 saturated heterocycles. The zero-order valence-electron chi connectivity index (χ0n) is 19.2. The Morgan fingerprint density at radius 1 is 1.26 bits per heavy atom. The molecule has 0 fully saturated rings. The van der Waals surface area contributed by atoms with Gasteiger partial charge in [0.15, 0.2) is 6.61 Å². The number of ether oxygens (including phenoxy) is 1. The summed E-state index contributed by atoms with van der Waals surface area (Å²) in [5.74, 6) is -0.291. The van der Waals surface area contributed by atoms with Crippen LogP contribution in [0.3, 0.4) is 0 Å². The molecule has 1 unspecified atom stereocenters. The number of H-pyrrole nitrogens is 1. The molecule has 1 aliphatic heterocycles. The van der Waals surface area contributed by atoms with Crippen molar-refractivity contribution in [3.8, 4) is 5.75 Å². The highest BCUT2D eigenvalue weighted by molar-refractivity contribution is 7.18. The molecule has 0 bridgehead atoms. The molecule has 3 aromatic rings. The van der Waals surface area contributed by atoms with Crippen molar-refractivity contribution < 1.29 is 19.1 Å². The third-order valence-electron chi connectivity index (χ3n) is 6.19. The third kappa shape index (κ3) is 4.63. The Hall–Kier alpha value is -3.73. The van der Waals surface area contributed by atoms with Crippen molar-refractivity contribution in [2.75, 3.05) is 18.5 Å². The van der Waals surface area contributed by atoms with Gasteiger partial charge in [0.2, 0.25) is 11.7 Å². The highest BCUT2D eigenvalue weighted by Gasteiger charge is 2.29. The van der Waals surface area contributed by atoms with Crippen molar-refractivity contribution in [3.63, 3.8) is 0 Å². The number of thiophene rings is 1. The Kier molecular flexibility index (Phi) is 6.25. The molecule has 4 N–H and O–H groups in total. The SMILES string of the molecule is CCNC(=O)CC1CCCc2sc3nc(C(=O)NCc4ccc5c(c4)NC(=O)CO5)[nH]c(=O)c3c21. The lowest BCUT2D eigenvalue weighted by atomic mass is 9.84. The van der Waals surface area contributed by atoms with E-state index in [0.717, 1.165) is 35.3 Å². The van der Waals surface area contributed by atoms with Crippen LogP contribution in [-0.4, -0.2) is 40.8 Å². The maximum Gasteiger partial charge on any atom is 0.287 e. The predicted molar refractivity (Wildman–Crippen MR) is 131 cm³/mol. The van der Waals surface area contributed by atoms with Gasteiger partial charge in [-0.15, -0.1) is 11.3 Å². The second-order valence-electron chi connectivity index (χ2n) is 8.63. The molecule has 3 heterocycles. The van der Waals surface area contributed by atoms with Gasteiger partial charge < -0.3 is 25.7 Å². The number of hydrogen-bond donors (Lipinski definition) is 4. The van der Waals surface area contributed by atoms with Gasteiger partial charge in [0.25, 0.3) is 17.4 Å². The summed E-state index contributed by atoms with van der Waals surface area (Å²) in [6.45, 7) is 2.60. The Morgan fingerprint density at radius 2 is 2.11 bits per heavy atom. The maximum atomic E-state index is 13.0. The van der Waals surface area contributed by atoms with Crippen LogP contribution in [0.2, 0.25) is 0 Å². The Balaban J connectivity index is 1.36. The van der Waals surface area contributed by atoms with Crippen molar-refractivity contribution in [1.29, 1.82) is 0 Å². The van der Waals surface area contributed by atoms with E-state index in [1.165, 1.54) is 11.3 Å². The summed E-state index contributed by atoms with van der Waals surface area (Å²) in [5, 5.41) is 8.81. The second-order valence-corrected chi connectivity index (χ2v) is 9.71. The third-order valence-corrected chi connectivity index (χ3v) is 7.35. The summed E-state index contributed by atoms with van der Waals surface area (Å²) >= 11 is 1.42. The fourth-order valence-electron chi connectivity index (χ4n) is 4.66. The number of rotatable bonds is 6. The number of carbonyl (C=O) groups is 3. The van der Waals surface area contributed by atoms with E-state index in [4.69, 9.17) is 4.74 Å². The first-order valence-electron chi connectivity index (χ1n) is 11.6. The Labute approximate surface area is 204 Å². The molecule has 2 aliphatic rings. The van der Waals surface area contributed by atoms with Crippen molar-refractivity contribution in [1.82, 2.24) is 20.6 Å². The molecule has 1 aromatic carbocycles. The number of aromatic nitrogens is 2. The molecule has 35 heavy (non-hydrogen) atoms. The molecule has 182 valence electrons. The lowest BCUT2D eigenvalue weighted by molar-refractivity contribution is -0.121. The van der Waals surface area contributed by atoms with E-state index in [-0.39, 0.29) is 42.3 Å². The van der Waals surface area contributed by atoms with E-state index < -0.39 is 5.91 Å². The lowest BCUT2D eigenvalue weighted by Crippen LogP contribution is -2.28. The monoisotopic (exact) mass is 495 g/mol. The van der Waals surface area contributed by atoms with Crippen LogP contribution in [-0.2, 0) is 22.6 Å². The predicted octanol–water partition coefficient (Wildman–Crippen LogP) is 2.19. The second kappa shape index (κ2) is 9.49. The number of fused-ring (bicyclic) bond motifs is 4. The van der Waals surface area contributed by atoms with Gasteiger partial charge in [0.1, 0.15) is 10.6 Å². The summed E-state index contributed by atoms with van der Waals surface area (Å²) < 4.78 is 5.34. The van der Waals surface area contributed by atoms with Crippen LogP contribution in [0.4, 0.5) is 5.69 Å². The fourth-order valence-corrected chi connectivity index (χ4v) is 5.96. The van der Waals surface area contributed by atoms with Crippen molar-refractivity contribution in [2.45, 2.75) is 45.1 Å². The standard InChI is InChI=1S/C24H25N5O5S/c1-2-25-17(30)9-13-4-3-5-16-19(13)20-22(32)28-21(29-24(20)35-16)23(33)26-10-12-6-7-15-14(8-12)27-18(31)11-34-15/h6-8,13H,2-5,9-11H2,1H3,(H,25,30)(H,26,33)(H,27,31)(H,28,29,32). The first-order chi connectivity index (χ1) is 16.9. The number of nitrogens with zero attached hydrogens (tertiary/aromatic N) is 1. The number of nitrogens with one attached hydrogen (secondary N) is 4. The summed E-state index contributed by atoms with van der Waals surface area (Å²) in [4.78, 5) is 58.2. The smallest absolute Gasteiger partial charge is 0.287 e. The van der Waals surface area contributed by atoms with Crippen LogP contribution in [0.15, 0.2) is 23.0 Å². The number of anilines is 1. The van der Waals surface area contributed by atoms with E-state index >= 15 is 0 Å². The molecule has 3 amide bonds. The first kappa shape index (κ1) is 23.0. The van der Waals surface area contributed by atoms with Gasteiger partial charge in [-0.25, -0.2) is 4.98 Å². The molecular weight excluding hydrogens is 470 g/mol. The molecule has 0 saturated carbocycles. The van der Waals surface area contributed by atoms with Crippen molar-refractivity contribution >= 4 is 45.0 Å². The lowest BCUT2D eigenvalue weighted by Gasteiger charge is -2.22. The van der Waals surface area contributed by atoms with Gasteiger partial charge in [-0.1, -0.05) is 6.07 Å². The molecule has 0 spiro atoms.